The van der Waals surface area contributed by atoms with Gasteiger partial charge in [-0.05, 0) is 37.1 Å². The van der Waals surface area contributed by atoms with Crippen molar-refractivity contribution < 1.29 is 9.53 Å². The molecule has 0 atom stereocenters. The van der Waals surface area contributed by atoms with E-state index in [1.165, 1.54) is 7.11 Å². The standard InChI is InChI=1S/C14H14N2O2/c1-9-7-10(2)12(16-8-9)14(17)13-11(18-3)5-4-6-15-13/h4-8H,1-3H3. The van der Waals surface area contributed by atoms with Crippen LogP contribution in [-0.4, -0.2) is 22.9 Å². The molecule has 0 N–H and O–H groups in total. The molecule has 0 unspecified atom stereocenters. The number of ether oxygens (including phenoxy) is 1. The summed E-state index contributed by atoms with van der Waals surface area (Å²) in [5, 5.41) is 0. The van der Waals surface area contributed by atoms with Crippen molar-refractivity contribution >= 4 is 5.78 Å². The minimum absolute atomic E-state index is 0.218. The number of pyridine rings is 2. The van der Waals surface area contributed by atoms with E-state index in [2.05, 4.69) is 9.97 Å². The number of hydrogen-bond donors (Lipinski definition) is 0. The summed E-state index contributed by atoms with van der Waals surface area (Å²) < 4.78 is 5.14. The van der Waals surface area contributed by atoms with Crippen molar-refractivity contribution in [1.82, 2.24) is 9.97 Å². The number of aryl methyl sites for hydroxylation is 2. The molecule has 0 bridgehead atoms. The molecule has 2 rings (SSSR count). The molecule has 0 aliphatic rings. The maximum Gasteiger partial charge on any atom is 0.233 e. The number of ketones is 1. The Morgan fingerprint density at radius 1 is 1.22 bits per heavy atom. The minimum atomic E-state index is -0.218. The van der Waals surface area contributed by atoms with Crippen LogP contribution in [0.2, 0.25) is 0 Å². The molecule has 18 heavy (non-hydrogen) atoms. The van der Waals surface area contributed by atoms with E-state index in [-0.39, 0.29) is 5.78 Å². The Hall–Kier alpha value is -2.23. The van der Waals surface area contributed by atoms with Gasteiger partial charge in [-0.1, -0.05) is 6.07 Å². The van der Waals surface area contributed by atoms with Gasteiger partial charge in [0, 0.05) is 12.4 Å². The molecule has 4 heteroatoms. The van der Waals surface area contributed by atoms with E-state index in [0.717, 1.165) is 11.1 Å². The Morgan fingerprint density at radius 2 is 2.00 bits per heavy atom. The lowest BCUT2D eigenvalue weighted by atomic mass is 10.1. The first-order chi connectivity index (χ1) is 8.63. The average molecular weight is 242 g/mol. The summed E-state index contributed by atoms with van der Waals surface area (Å²) in [6.07, 6.45) is 3.24. The van der Waals surface area contributed by atoms with Crippen molar-refractivity contribution in [2.24, 2.45) is 0 Å². The molecule has 0 amide bonds. The third-order valence-electron chi connectivity index (χ3n) is 2.64. The van der Waals surface area contributed by atoms with Gasteiger partial charge >= 0.3 is 0 Å². The quantitative estimate of drug-likeness (QED) is 0.775. The average Bonchev–Trinajstić information content (AvgIpc) is 2.38. The molecule has 0 aliphatic carbocycles. The van der Waals surface area contributed by atoms with E-state index < -0.39 is 0 Å². The highest BCUT2D eigenvalue weighted by atomic mass is 16.5. The van der Waals surface area contributed by atoms with Crippen LogP contribution in [0.15, 0.2) is 30.6 Å². The van der Waals surface area contributed by atoms with Crippen LogP contribution in [-0.2, 0) is 0 Å². The first kappa shape index (κ1) is 12.2. The number of carbonyl (C=O) groups is 1. The maximum atomic E-state index is 12.4. The summed E-state index contributed by atoms with van der Waals surface area (Å²) in [5.41, 5.74) is 2.57. The van der Waals surface area contributed by atoms with Crippen molar-refractivity contribution in [2.45, 2.75) is 13.8 Å². The smallest absolute Gasteiger partial charge is 0.233 e. The predicted octanol–water partition coefficient (Wildman–Crippen LogP) is 2.33. The second-order valence-corrected chi connectivity index (χ2v) is 4.06. The first-order valence-electron chi connectivity index (χ1n) is 5.60. The third kappa shape index (κ3) is 2.22. The van der Waals surface area contributed by atoms with E-state index >= 15 is 0 Å². The van der Waals surface area contributed by atoms with Crippen molar-refractivity contribution in [3.63, 3.8) is 0 Å². The van der Waals surface area contributed by atoms with Crippen LogP contribution >= 0.6 is 0 Å². The lowest BCUT2D eigenvalue weighted by Crippen LogP contribution is -2.10. The molecule has 0 radical (unpaired) electrons. The zero-order valence-electron chi connectivity index (χ0n) is 10.6. The van der Waals surface area contributed by atoms with Gasteiger partial charge in [0.2, 0.25) is 5.78 Å². The van der Waals surface area contributed by atoms with Gasteiger partial charge in [-0.2, -0.15) is 0 Å². The highest BCUT2D eigenvalue weighted by molar-refractivity contribution is 6.08. The summed E-state index contributed by atoms with van der Waals surface area (Å²) in [6.45, 7) is 3.80. The molecule has 0 aliphatic heterocycles. The van der Waals surface area contributed by atoms with Crippen LogP contribution < -0.4 is 4.74 Å². The highest BCUT2D eigenvalue weighted by Crippen LogP contribution is 2.19. The van der Waals surface area contributed by atoms with Gasteiger partial charge in [-0.15, -0.1) is 0 Å². The molecule has 4 nitrogen and oxygen atoms in total. The Morgan fingerprint density at radius 3 is 2.67 bits per heavy atom. The van der Waals surface area contributed by atoms with E-state index in [9.17, 15) is 4.79 Å². The van der Waals surface area contributed by atoms with E-state index in [0.29, 0.717) is 17.1 Å². The molecule has 0 saturated heterocycles. The Balaban J connectivity index is 2.48. The fourth-order valence-electron chi connectivity index (χ4n) is 1.79. The molecule has 92 valence electrons. The van der Waals surface area contributed by atoms with Gasteiger partial charge in [-0.3, -0.25) is 9.78 Å². The van der Waals surface area contributed by atoms with Crippen molar-refractivity contribution in [2.75, 3.05) is 7.11 Å². The molecule has 2 heterocycles. The van der Waals surface area contributed by atoms with Crippen LogP contribution in [0.25, 0.3) is 0 Å². The Bertz CT molecular complexity index is 594. The molecule has 2 aromatic rings. The first-order valence-corrected chi connectivity index (χ1v) is 5.60. The normalized spacial score (nSPS) is 10.2. The molecule has 0 saturated carbocycles. The van der Waals surface area contributed by atoms with Gasteiger partial charge in [0.15, 0.2) is 5.69 Å². The summed E-state index contributed by atoms with van der Waals surface area (Å²) in [7, 11) is 1.52. The number of aromatic nitrogens is 2. The molecule has 2 aromatic heterocycles. The van der Waals surface area contributed by atoms with Crippen LogP contribution in [0.4, 0.5) is 0 Å². The van der Waals surface area contributed by atoms with E-state index in [4.69, 9.17) is 4.74 Å². The fraction of sp³-hybridized carbons (Fsp3) is 0.214. The van der Waals surface area contributed by atoms with Gasteiger partial charge in [0.1, 0.15) is 11.4 Å². The van der Waals surface area contributed by atoms with Gasteiger partial charge in [0.25, 0.3) is 0 Å². The third-order valence-corrected chi connectivity index (χ3v) is 2.64. The van der Waals surface area contributed by atoms with Crippen LogP contribution in [0.3, 0.4) is 0 Å². The predicted molar refractivity (Wildman–Crippen MR) is 67.9 cm³/mol. The number of rotatable bonds is 3. The largest absolute Gasteiger partial charge is 0.494 e. The lowest BCUT2D eigenvalue weighted by molar-refractivity contribution is 0.102. The van der Waals surface area contributed by atoms with E-state index in [1.54, 1.807) is 24.5 Å². The topological polar surface area (TPSA) is 52.1 Å². The zero-order valence-corrected chi connectivity index (χ0v) is 10.6. The Kier molecular flexibility index (Phi) is 3.37. The molecule has 0 aromatic carbocycles. The summed E-state index contributed by atoms with van der Waals surface area (Å²) >= 11 is 0. The van der Waals surface area contributed by atoms with Crippen LogP contribution in [0.5, 0.6) is 5.75 Å². The van der Waals surface area contributed by atoms with Crippen molar-refractivity contribution in [3.8, 4) is 5.75 Å². The maximum absolute atomic E-state index is 12.4. The van der Waals surface area contributed by atoms with Gasteiger partial charge in [-0.25, -0.2) is 4.98 Å². The highest BCUT2D eigenvalue weighted by Gasteiger charge is 2.18. The second kappa shape index (κ2) is 4.96. The number of carbonyl (C=O) groups excluding carboxylic acids is 1. The fourth-order valence-corrected chi connectivity index (χ4v) is 1.79. The van der Waals surface area contributed by atoms with E-state index in [1.807, 2.05) is 19.9 Å². The molecule has 0 spiro atoms. The monoisotopic (exact) mass is 242 g/mol. The zero-order chi connectivity index (χ0) is 13.1. The van der Waals surface area contributed by atoms with Gasteiger partial charge < -0.3 is 4.74 Å². The molecule has 0 fully saturated rings. The van der Waals surface area contributed by atoms with Crippen molar-refractivity contribution in [1.29, 1.82) is 0 Å². The molecular formula is C14H14N2O2. The number of methoxy groups -OCH3 is 1. The molecular weight excluding hydrogens is 228 g/mol. The van der Waals surface area contributed by atoms with Gasteiger partial charge in [0.05, 0.1) is 7.11 Å². The summed E-state index contributed by atoms with van der Waals surface area (Å²) in [6, 6.07) is 5.37. The second-order valence-electron chi connectivity index (χ2n) is 4.06. The van der Waals surface area contributed by atoms with Crippen LogP contribution in [0, 0.1) is 13.8 Å². The van der Waals surface area contributed by atoms with Crippen LogP contribution in [0.1, 0.15) is 27.3 Å². The Labute approximate surface area is 106 Å². The summed E-state index contributed by atoms with van der Waals surface area (Å²) in [4.78, 5) is 20.6. The SMILES string of the molecule is COc1cccnc1C(=O)c1ncc(C)cc1C. The number of hydrogen-bond acceptors (Lipinski definition) is 4. The number of nitrogens with zero attached hydrogens (tertiary/aromatic N) is 2. The van der Waals surface area contributed by atoms with Crippen molar-refractivity contribution in [3.05, 3.63) is 53.1 Å². The minimum Gasteiger partial charge on any atom is -0.494 e. The summed E-state index contributed by atoms with van der Waals surface area (Å²) in [5.74, 6) is 0.245. The lowest BCUT2D eigenvalue weighted by Gasteiger charge is -2.07.